The number of rotatable bonds is 4. The Kier molecular flexibility index (Phi) is 3.92. The van der Waals surface area contributed by atoms with Gasteiger partial charge in [-0.2, -0.15) is 0 Å². The van der Waals surface area contributed by atoms with E-state index in [1.165, 1.54) is 5.56 Å². The predicted molar refractivity (Wildman–Crippen MR) is 75.3 cm³/mol. The fourth-order valence-corrected chi connectivity index (χ4v) is 3.15. The number of benzene rings is 1. The lowest BCUT2D eigenvalue weighted by molar-refractivity contribution is 0.0197. The van der Waals surface area contributed by atoms with Gasteiger partial charge in [0.2, 0.25) is 0 Å². The second kappa shape index (κ2) is 5.83. The van der Waals surface area contributed by atoms with E-state index in [0.717, 1.165) is 19.3 Å². The Labute approximate surface area is 119 Å². The number of carbonyl (C=O) groups is 1. The number of amides is 1. The van der Waals surface area contributed by atoms with Crippen molar-refractivity contribution in [3.05, 3.63) is 35.9 Å². The van der Waals surface area contributed by atoms with Gasteiger partial charge in [0.25, 0.3) is 0 Å². The summed E-state index contributed by atoms with van der Waals surface area (Å²) in [7, 11) is 0. The van der Waals surface area contributed by atoms with Crippen molar-refractivity contribution in [3.63, 3.8) is 0 Å². The van der Waals surface area contributed by atoms with Crippen LogP contribution in [0.15, 0.2) is 30.3 Å². The number of carbonyl (C=O) groups excluding carboxylic acids is 1. The first-order valence-corrected chi connectivity index (χ1v) is 7.42. The topological polar surface area (TPSA) is 38.5 Å². The number of nitrogens with zero attached hydrogens (tertiary/aromatic N) is 1. The van der Waals surface area contributed by atoms with Gasteiger partial charge in [0.1, 0.15) is 0 Å². The third kappa shape index (κ3) is 2.66. The second-order valence-corrected chi connectivity index (χ2v) is 5.43. The lowest BCUT2D eigenvalue weighted by Crippen LogP contribution is -2.27. The number of fused-ring (bicyclic) bond motifs is 1. The van der Waals surface area contributed by atoms with Gasteiger partial charge in [-0.25, -0.2) is 4.79 Å². The van der Waals surface area contributed by atoms with Crippen LogP contribution >= 0.6 is 0 Å². The molecule has 4 heteroatoms. The van der Waals surface area contributed by atoms with Crippen LogP contribution in [0.2, 0.25) is 0 Å². The van der Waals surface area contributed by atoms with E-state index >= 15 is 0 Å². The van der Waals surface area contributed by atoms with Crippen molar-refractivity contribution < 1.29 is 14.3 Å². The molecule has 0 aromatic heterocycles. The minimum atomic E-state index is -0.183. The highest BCUT2D eigenvalue weighted by Gasteiger charge is 2.57. The number of ether oxygens (including phenoxy) is 2. The maximum atomic E-state index is 11.8. The molecule has 1 aromatic rings. The fraction of sp³-hybridized carbons (Fsp3) is 0.562. The first-order valence-electron chi connectivity index (χ1n) is 7.42. The summed E-state index contributed by atoms with van der Waals surface area (Å²) in [6, 6.07) is 10.7. The smallest absolute Gasteiger partial charge is 0.410 e. The van der Waals surface area contributed by atoms with Gasteiger partial charge in [-0.15, -0.1) is 0 Å². The summed E-state index contributed by atoms with van der Waals surface area (Å²) < 4.78 is 11.1. The van der Waals surface area contributed by atoms with E-state index in [9.17, 15) is 4.79 Å². The third-order valence-corrected chi connectivity index (χ3v) is 4.14. The van der Waals surface area contributed by atoms with Crippen molar-refractivity contribution in [2.45, 2.75) is 51.0 Å². The SMILES string of the molecule is CCOC(=O)N1[C@@H]2[C@@H](OCc3ccccc3)CCC[C@@H]21. The highest BCUT2D eigenvalue weighted by molar-refractivity contribution is 5.72. The Morgan fingerprint density at radius 2 is 2.10 bits per heavy atom. The van der Waals surface area contributed by atoms with Crippen LogP contribution in [-0.4, -0.2) is 35.8 Å². The van der Waals surface area contributed by atoms with E-state index in [2.05, 4.69) is 12.1 Å². The molecule has 1 saturated carbocycles. The predicted octanol–water partition coefficient (Wildman–Crippen LogP) is 2.97. The van der Waals surface area contributed by atoms with E-state index in [-0.39, 0.29) is 18.2 Å². The molecule has 20 heavy (non-hydrogen) atoms. The largest absolute Gasteiger partial charge is 0.450 e. The molecule has 108 valence electrons. The van der Waals surface area contributed by atoms with Crippen LogP contribution in [0, 0.1) is 0 Å². The Bertz CT molecular complexity index is 462. The molecule has 3 rings (SSSR count). The summed E-state index contributed by atoms with van der Waals surface area (Å²) >= 11 is 0. The normalized spacial score (nSPS) is 27.9. The van der Waals surface area contributed by atoms with Crippen LogP contribution < -0.4 is 0 Å². The summed E-state index contributed by atoms with van der Waals surface area (Å²) in [5.41, 5.74) is 1.18. The molecule has 0 bridgehead atoms. The Hall–Kier alpha value is -1.55. The number of hydrogen-bond acceptors (Lipinski definition) is 3. The average molecular weight is 275 g/mol. The molecule has 1 aliphatic heterocycles. The summed E-state index contributed by atoms with van der Waals surface area (Å²) in [4.78, 5) is 13.7. The van der Waals surface area contributed by atoms with E-state index in [1.54, 1.807) is 0 Å². The van der Waals surface area contributed by atoms with Crippen molar-refractivity contribution in [3.8, 4) is 0 Å². The zero-order chi connectivity index (χ0) is 13.9. The molecular formula is C16H21NO3. The monoisotopic (exact) mass is 275 g/mol. The molecule has 0 radical (unpaired) electrons. The van der Waals surface area contributed by atoms with Gasteiger partial charge >= 0.3 is 6.09 Å². The molecule has 2 aliphatic rings. The van der Waals surface area contributed by atoms with Gasteiger partial charge in [0, 0.05) is 0 Å². The van der Waals surface area contributed by atoms with Crippen molar-refractivity contribution in [1.29, 1.82) is 0 Å². The van der Waals surface area contributed by atoms with Gasteiger partial charge in [0.15, 0.2) is 0 Å². The minimum absolute atomic E-state index is 0.151. The Morgan fingerprint density at radius 3 is 2.85 bits per heavy atom. The van der Waals surface area contributed by atoms with Gasteiger partial charge in [-0.05, 0) is 31.7 Å². The average Bonchev–Trinajstić information content (AvgIpc) is 3.21. The molecule has 3 atom stereocenters. The van der Waals surface area contributed by atoms with Gasteiger partial charge < -0.3 is 9.47 Å². The molecule has 1 aromatic carbocycles. The second-order valence-electron chi connectivity index (χ2n) is 5.43. The number of hydrogen-bond donors (Lipinski definition) is 0. The van der Waals surface area contributed by atoms with Crippen LogP contribution in [0.5, 0.6) is 0 Å². The van der Waals surface area contributed by atoms with Crippen LogP contribution in [0.4, 0.5) is 4.79 Å². The first kappa shape index (κ1) is 13.4. The van der Waals surface area contributed by atoms with Gasteiger partial charge in [-0.1, -0.05) is 30.3 Å². The molecular weight excluding hydrogens is 254 g/mol. The Morgan fingerprint density at radius 1 is 1.30 bits per heavy atom. The summed E-state index contributed by atoms with van der Waals surface area (Å²) in [5.74, 6) is 0. The fourth-order valence-electron chi connectivity index (χ4n) is 3.15. The Balaban J connectivity index is 1.56. The molecule has 0 unspecified atom stereocenters. The van der Waals surface area contributed by atoms with Crippen LogP contribution in [0.3, 0.4) is 0 Å². The minimum Gasteiger partial charge on any atom is -0.450 e. The van der Waals surface area contributed by atoms with E-state index < -0.39 is 0 Å². The van der Waals surface area contributed by atoms with Crippen molar-refractivity contribution in [2.75, 3.05) is 6.61 Å². The molecule has 1 amide bonds. The molecule has 0 N–H and O–H groups in total. The van der Waals surface area contributed by atoms with Crippen molar-refractivity contribution in [2.24, 2.45) is 0 Å². The maximum absolute atomic E-state index is 11.8. The summed E-state index contributed by atoms with van der Waals surface area (Å²) in [6.07, 6.45) is 3.20. The third-order valence-electron chi connectivity index (χ3n) is 4.14. The highest BCUT2D eigenvalue weighted by atomic mass is 16.6. The maximum Gasteiger partial charge on any atom is 0.410 e. The van der Waals surface area contributed by atoms with Gasteiger partial charge in [-0.3, -0.25) is 4.90 Å². The lowest BCUT2D eigenvalue weighted by atomic mass is 9.98. The first-order chi connectivity index (χ1) is 9.81. The summed E-state index contributed by atoms with van der Waals surface area (Å²) in [5, 5.41) is 0. The van der Waals surface area contributed by atoms with E-state index in [0.29, 0.717) is 19.3 Å². The molecule has 4 nitrogen and oxygen atoms in total. The molecule has 1 saturated heterocycles. The van der Waals surface area contributed by atoms with Gasteiger partial charge in [0.05, 0.1) is 31.4 Å². The van der Waals surface area contributed by atoms with E-state index in [4.69, 9.17) is 9.47 Å². The quantitative estimate of drug-likeness (QED) is 0.793. The molecule has 2 fully saturated rings. The molecule has 1 aliphatic carbocycles. The standard InChI is InChI=1S/C16H21NO3/c1-2-19-16(18)17-13-9-6-10-14(15(13)17)20-11-12-7-4-3-5-8-12/h3-5,7-8,13-15H,2,6,9-11H2,1H3/t13-,14-,15-,17?/m0/s1. The van der Waals surface area contributed by atoms with Crippen LogP contribution in [0.1, 0.15) is 31.7 Å². The zero-order valence-electron chi connectivity index (χ0n) is 11.8. The number of likely N-dealkylation sites (tertiary alicyclic amines) is 1. The van der Waals surface area contributed by atoms with Crippen molar-refractivity contribution >= 4 is 6.09 Å². The van der Waals surface area contributed by atoms with E-state index in [1.807, 2.05) is 30.0 Å². The summed E-state index contributed by atoms with van der Waals surface area (Å²) in [6.45, 7) is 2.89. The molecule has 1 heterocycles. The van der Waals surface area contributed by atoms with Crippen LogP contribution in [0.25, 0.3) is 0 Å². The van der Waals surface area contributed by atoms with Crippen LogP contribution in [-0.2, 0) is 16.1 Å². The van der Waals surface area contributed by atoms with Crippen molar-refractivity contribution in [1.82, 2.24) is 4.90 Å². The zero-order valence-corrected chi connectivity index (χ0v) is 11.8. The lowest BCUT2D eigenvalue weighted by Gasteiger charge is -2.20. The molecule has 0 spiro atoms. The highest BCUT2D eigenvalue weighted by Crippen LogP contribution is 2.42.